The zero-order valence-electron chi connectivity index (χ0n) is 11.5. The van der Waals surface area contributed by atoms with E-state index in [-0.39, 0.29) is 5.95 Å². The standard InChI is InChI=1S/C13H17N7O/c14-11-8-10(17-13(18-11)19-15)9-2-1-3-12(16-9)20-4-6-21-7-5-20/h1-3,8H,4-7,15H2,(H3,14,17,18,19). The van der Waals surface area contributed by atoms with Crippen molar-refractivity contribution in [2.24, 2.45) is 5.84 Å². The molecule has 2 aromatic heterocycles. The molecule has 0 spiro atoms. The SMILES string of the molecule is NNc1nc(N)cc(-c2cccc(N3CCOCC3)n2)n1. The number of nitrogens with zero attached hydrogens (tertiary/aromatic N) is 4. The number of ether oxygens (including phenoxy) is 1. The lowest BCUT2D eigenvalue weighted by atomic mass is 10.2. The van der Waals surface area contributed by atoms with Gasteiger partial charge in [0.05, 0.1) is 24.6 Å². The van der Waals surface area contributed by atoms with Crippen LogP contribution in [0.5, 0.6) is 0 Å². The minimum Gasteiger partial charge on any atom is -0.384 e. The van der Waals surface area contributed by atoms with Crippen molar-refractivity contribution in [1.82, 2.24) is 15.0 Å². The molecule has 0 aliphatic carbocycles. The quantitative estimate of drug-likeness (QED) is 0.543. The maximum absolute atomic E-state index is 5.75. The fraction of sp³-hybridized carbons (Fsp3) is 0.308. The van der Waals surface area contributed by atoms with Gasteiger partial charge in [-0.25, -0.2) is 15.8 Å². The Morgan fingerprint density at radius 3 is 2.67 bits per heavy atom. The summed E-state index contributed by atoms with van der Waals surface area (Å²) in [5.41, 5.74) is 9.51. The van der Waals surface area contributed by atoms with Crippen LogP contribution in [0.15, 0.2) is 24.3 Å². The Hall–Kier alpha value is -2.45. The second-order valence-electron chi connectivity index (χ2n) is 4.63. The summed E-state index contributed by atoms with van der Waals surface area (Å²) in [4.78, 5) is 15.1. The number of anilines is 3. The number of hydrazine groups is 1. The average molecular weight is 287 g/mol. The van der Waals surface area contributed by atoms with E-state index in [1.807, 2.05) is 18.2 Å². The van der Waals surface area contributed by atoms with Crippen molar-refractivity contribution in [3.8, 4) is 11.4 Å². The maximum Gasteiger partial charge on any atom is 0.239 e. The van der Waals surface area contributed by atoms with E-state index in [4.69, 9.17) is 16.3 Å². The molecule has 0 aromatic carbocycles. The largest absolute Gasteiger partial charge is 0.384 e. The van der Waals surface area contributed by atoms with E-state index in [1.165, 1.54) is 0 Å². The third-order valence-corrected chi connectivity index (χ3v) is 3.21. The van der Waals surface area contributed by atoms with Crippen LogP contribution in [0, 0.1) is 0 Å². The third-order valence-electron chi connectivity index (χ3n) is 3.21. The Kier molecular flexibility index (Phi) is 3.80. The summed E-state index contributed by atoms with van der Waals surface area (Å²) >= 11 is 0. The van der Waals surface area contributed by atoms with Crippen molar-refractivity contribution >= 4 is 17.6 Å². The average Bonchev–Trinajstić information content (AvgIpc) is 2.55. The normalized spacial score (nSPS) is 15.0. The third kappa shape index (κ3) is 3.01. The van der Waals surface area contributed by atoms with E-state index < -0.39 is 0 Å². The molecule has 8 nitrogen and oxygen atoms in total. The van der Waals surface area contributed by atoms with Gasteiger partial charge in [-0.1, -0.05) is 6.07 Å². The van der Waals surface area contributed by atoms with Crippen LogP contribution in [0.1, 0.15) is 0 Å². The van der Waals surface area contributed by atoms with Crippen molar-refractivity contribution in [2.75, 3.05) is 42.4 Å². The van der Waals surface area contributed by atoms with E-state index in [9.17, 15) is 0 Å². The minimum atomic E-state index is 0.267. The molecule has 1 fully saturated rings. The van der Waals surface area contributed by atoms with Crippen molar-refractivity contribution in [1.29, 1.82) is 0 Å². The predicted molar refractivity (Wildman–Crippen MR) is 80.5 cm³/mol. The Morgan fingerprint density at radius 2 is 1.90 bits per heavy atom. The smallest absolute Gasteiger partial charge is 0.239 e. The molecule has 1 aliphatic heterocycles. The summed E-state index contributed by atoms with van der Waals surface area (Å²) in [5.74, 6) is 6.84. The van der Waals surface area contributed by atoms with Gasteiger partial charge in [0.15, 0.2) is 0 Å². The number of nitrogens with two attached hydrogens (primary N) is 2. The molecule has 5 N–H and O–H groups in total. The van der Waals surface area contributed by atoms with E-state index in [2.05, 4.69) is 25.3 Å². The van der Waals surface area contributed by atoms with Crippen LogP contribution in [0.25, 0.3) is 11.4 Å². The summed E-state index contributed by atoms with van der Waals surface area (Å²) in [6, 6.07) is 7.47. The van der Waals surface area contributed by atoms with Gasteiger partial charge in [-0.15, -0.1) is 0 Å². The maximum atomic E-state index is 5.75. The summed E-state index contributed by atoms with van der Waals surface area (Å²) < 4.78 is 5.35. The molecule has 0 saturated carbocycles. The van der Waals surface area contributed by atoms with Gasteiger partial charge in [-0.3, -0.25) is 5.43 Å². The van der Waals surface area contributed by atoms with Gasteiger partial charge >= 0.3 is 0 Å². The Bertz CT molecular complexity index is 628. The van der Waals surface area contributed by atoms with E-state index in [0.29, 0.717) is 24.7 Å². The monoisotopic (exact) mass is 287 g/mol. The summed E-state index contributed by atoms with van der Waals surface area (Å²) in [6.07, 6.45) is 0. The first-order valence-corrected chi connectivity index (χ1v) is 6.67. The van der Waals surface area contributed by atoms with Crippen LogP contribution in [0.2, 0.25) is 0 Å². The Balaban J connectivity index is 1.93. The van der Waals surface area contributed by atoms with Gasteiger partial charge in [0.25, 0.3) is 0 Å². The lowest BCUT2D eigenvalue weighted by Crippen LogP contribution is -2.36. The molecular weight excluding hydrogens is 270 g/mol. The molecule has 0 unspecified atom stereocenters. The summed E-state index contributed by atoms with van der Waals surface area (Å²) in [7, 11) is 0. The number of rotatable bonds is 3. The van der Waals surface area contributed by atoms with Gasteiger partial charge in [-0.2, -0.15) is 4.98 Å². The highest BCUT2D eigenvalue weighted by molar-refractivity contribution is 5.62. The van der Waals surface area contributed by atoms with Gasteiger partial charge in [0.2, 0.25) is 5.95 Å². The van der Waals surface area contributed by atoms with E-state index in [1.54, 1.807) is 6.07 Å². The molecule has 110 valence electrons. The van der Waals surface area contributed by atoms with Crippen molar-refractivity contribution in [2.45, 2.75) is 0 Å². The molecule has 0 bridgehead atoms. The van der Waals surface area contributed by atoms with Gasteiger partial charge in [0, 0.05) is 19.2 Å². The first kappa shape index (κ1) is 13.5. The van der Waals surface area contributed by atoms with Crippen molar-refractivity contribution < 1.29 is 4.74 Å². The first-order valence-electron chi connectivity index (χ1n) is 6.67. The molecule has 0 amide bonds. The van der Waals surface area contributed by atoms with Crippen LogP contribution < -0.4 is 21.9 Å². The lowest BCUT2D eigenvalue weighted by Gasteiger charge is -2.28. The number of morpholine rings is 1. The zero-order valence-corrected chi connectivity index (χ0v) is 11.5. The molecule has 1 saturated heterocycles. The zero-order chi connectivity index (χ0) is 14.7. The summed E-state index contributed by atoms with van der Waals surface area (Å²) in [6.45, 7) is 3.09. The second kappa shape index (κ2) is 5.90. The van der Waals surface area contributed by atoms with Crippen molar-refractivity contribution in [3.63, 3.8) is 0 Å². The second-order valence-corrected chi connectivity index (χ2v) is 4.63. The van der Waals surface area contributed by atoms with Crippen molar-refractivity contribution in [3.05, 3.63) is 24.3 Å². The van der Waals surface area contributed by atoms with Crippen LogP contribution in [-0.4, -0.2) is 41.3 Å². The number of pyridine rings is 1. The number of aromatic nitrogens is 3. The molecule has 1 aliphatic rings. The Labute approximate surface area is 122 Å². The number of hydrogen-bond donors (Lipinski definition) is 3. The molecule has 8 heteroatoms. The van der Waals surface area contributed by atoms with E-state index in [0.717, 1.165) is 24.6 Å². The number of nitrogens with one attached hydrogen (secondary N) is 1. The fourth-order valence-electron chi connectivity index (χ4n) is 2.20. The van der Waals surface area contributed by atoms with Gasteiger partial charge in [0.1, 0.15) is 11.6 Å². The molecule has 2 aromatic rings. The molecule has 3 heterocycles. The number of hydrogen-bond acceptors (Lipinski definition) is 8. The van der Waals surface area contributed by atoms with E-state index >= 15 is 0 Å². The van der Waals surface area contributed by atoms with Crippen LogP contribution in [0.4, 0.5) is 17.6 Å². The fourth-order valence-corrected chi connectivity index (χ4v) is 2.20. The molecule has 0 radical (unpaired) electrons. The van der Waals surface area contributed by atoms with Gasteiger partial charge in [-0.05, 0) is 12.1 Å². The molecular formula is C13H17N7O. The highest BCUT2D eigenvalue weighted by Gasteiger charge is 2.13. The molecule has 0 atom stereocenters. The number of nitrogen functional groups attached to an aromatic ring is 2. The lowest BCUT2D eigenvalue weighted by molar-refractivity contribution is 0.122. The highest BCUT2D eigenvalue weighted by atomic mass is 16.5. The van der Waals surface area contributed by atoms with Crippen LogP contribution in [0.3, 0.4) is 0 Å². The highest BCUT2D eigenvalue weighted by Crippen LogP contribution is 2.21. The Morgan fingerprint density at radius 1 is 1.10 bits per heavy atom. The summed E-state index contributed by atoms with van der Waals surface area (Å²) in [5, 5.41) is 0. The van der Waals surface area contributed by atoms with Crippen LogP contribution in [-0.2, 0) is 4.74 Å². The minimum absolute atomic E-state index is 0.267. The van der Waals surface area contributed by atoms with Crippen LogP contribution >= 0.6 is 0 Å². The molecule has 21 heavy (non-hydrogen) atoms. The first-order chi connectivity index (χ1) is 10.3. The topological polar surface area (TPSA) is 115 Å². The van der Waals surface area contributed by atoms with Gasteiger partial charge < -0.3 is 15.4 Å². The molecule has 3 rings (SSSR count). The predicted octanol–water partition coefficient (Wildman–Crippen LogP) is 0.243.